The van der Waals surface area contributed by atoms with Gasteiger partial charge in [0.05, 0.1) is 0 Å². The lowest BCUT2D eigenvalue weighted by atomic mass is 9.94. The zero-order chi connectivity index (χ0) is 13.4. The number of fused-ring (bicyclic) bond motifs is 1. The van der Waals surface area contributed by atoms with Crippen molar-refractivity contribution in [1.29, 1.82) is 0 Å². The molecule has 0 aromatic carbocycles. The van der Waals surface area contributed by atoms with Gasteiger partial charge in [0, 0.05) is 13.1 Å². The van der Waals surface area contributed by atoms with Crippen molar-refractivity contribution in [2.24, 2.45) is 17.8 Å². The molecular formula is C14H22N2O3. The largest absolute Gasteiger partial charge is 0.480 e. The van der Waals surface area contributed by atoms with Crippen LogP contribution in [0.1, 0.15) is 38.5 Å². The SMILES string of the molecule is O=C(O)C1C2CCCC2CN1C(=O)NCCC1CC1. The van der Waals surface area contributed by atoms with Crippen molar-refractivity contribution in [3.8, 4) is 0 Å². The van der Waals surface area contributed by atoms with Gasteiger partial charge in [0.25, 0.3) is 0 Å². The molecule has 2 amide bonds. The van der Waals surface area contributed by atoms with Gasteiger partial charge in [-0.25, -0.2) is 9.59 Å². The Labute approximate surface area is 113 Å². The van der Waals surface area contributed by atoms with Crippen LogP contribution in [0.2, 0.25) is 0 Å². The van der Waals surface area contributed by atoms with E-state index in [4.69, 9.17) is 0 Å². The number of urea groups is 1. The van der Waals surface area contributed by atoms with Crippen molar-refractivity contribution >= 4 is 12.0 Å². The summed E-state index contributed by atoms with van der Waals surface area (Å²) in [5.41, 5.74) is 0. The summed E-state index contributed by atoms with van der Waals surface area (Å²) in [5.74, 6) is 0.516. The average Bonchev–Trinajstić information content (AvgIpc) is 2.94. The molecule has 0 bridgehead atoms. The Hall–Kier alpha value is -1.26. The molecule has 3 unspecified atom stereocenters. The van der Waals surface area contributed by atoms with Crippen molar-refractivity contribution < 1.29 is 14.7 Å². The fourth-order valence-corrected chi connectivity index (χ4v) is 3.72. The standard InChI is InChI=1S/C14H22N2O3/c17-13(18)12-11-3-1-2-10(11)8-16(12)14(19)15-7-6-9-4-5-9/h9-12H,1-8H2,(H,15,19)(H,17,18). The maximum absolute atomic E-state index is 12.1. The van der Waals surface area contributed by atoms with Gasteiger partial charge in [-0.1, -0.05) is 19.3 Å². The van der Waals surface area contributed by atoms with Crippen LogP contribution in [0.3, 0.4) is 0 Å². The molecule has 3 atom stereocenters. The van der Waals surface area contributed by atoms with E-state index in [1.165, 1.54) is 12.8 Å². The second-order valence-electron chi connectivity index (χ2n) is 6.25. The second-order valence-corrected chi connectivity index (χ2v) is 6.25. The van der Waals surface area contributed by atoms with Gasteiger partial charge in [0.1, 0.15) is 6.04 Å². The topological polar surface area (TPSA) is 69.6 Å². The molecule has 2 saturated carbocycles. The van der Waals surface area contributed by atoms with E-state index in [0.717, 1.165) is 31.6 Å². The lowest BCUT2D eigenvalue weighted by Gasteiger charge is -2.24. The highest BCUT2D eigenvalue weighted by Gasteiger charge is 2.49. The smallest absolute Gasteiger partial charge is 0.326 e. The van der Waals surface area contributed by atoms with Gasteiger partial charge in [-0.05, 0) is 37.0 Å². The first-order valence-electron chi connectivity index (χ1n) is 7.44. The second kappa shape index (κ2) is 5.02. The first-order chi connectivity index (χ1) is 9.16. The fraction of sp³-hybridized carbons (Fsp3) is 0.857. The molecule has 1 heterocycles. The predicted octanol–water partition coefficient (Wildman–Crippen LogP) is 1.68. The van der Waals surface area contributed by atoms with Crippen LogP contribution in [0.5, 0.6) is 0 Å². The number of amides is 2. The van der Waals surface area contributed by atoms with Crippen molar-refractivity contribution in [1.82, 2.24) is 10.2 Å². The van der Waals surface area contributed by atoms with Crippen LogP contribution in [-0.4, -0.2) is 41.1 Å². The molecule has 106 valence electrons. The normalized spacial score (nSPS) is 33.3. The van der Waals surface area contributed by atoms with Gasteiger partial charge in [0.2, 0.25) is 0 Å². The van der Waals surface area contributed by atoms with Gasteiger partial charge in [0.15, 0.2) is 0 Å². The molecule has 0 aromatic heterocycles. The van der Waals surface area contributed by atoms with Crippen LogP contribution in [0.25, 0.3) is 0 Å². The van der Waals surface area contributed by atoms with Gasteiger partial charge in [-0.2, -0.15) is 0 Å². The number of rotatable bonds is 4. The minimum absolute atomic E-state index is 0.173. The van der Waals surface area contributed by atoms with E-state index in [1.807, 2.05) is 0 Å². The molecular weight excluding hydrogens is 244 g/mol. The number of hydrogen-bond donors (Lipinski definition) is 2. The lowest BCUT2D eigenvalue weighted by Crippen LogP contribution is -2.48. The maximum Gasteiger partial charge on any atom is 0.326 e. The molecule has 0 aromatic rings. The van der Waals surface area contributed by atoms with Crippen LogP contribution < -0.4 is 5.32 Å². The van der Waals surface area contributed by atoms with Gasteiger partial charge >= 0.3 is 12.0 Å². The summed E-state index contributed by atoms with van der Waals surface area (Å²) in [7, 11) is 0. The zero-order valence-electron chi connectivity index (χ0n) is 11.2. The third-order valence-electron chi connectivity index (χ3n) is 4.93. The minimum atomic E-state index is -0.841. The Balaban J connectivity index is 1.58. The quantitative estimate of drug-likeness (QED) is 0.813. The molecule has 1 aliphatic heterocycles. The number of nitrogens with one attached hydrogen (secondary N) is 1. The summed E-state index contributed by atoms with van der Waals surface area (Å²) in [4.78, 5) is 25.1. The van der Waals surface area contributed by atoms with Crippen molar-refractivity contribution in [2.75, 3.05) is 13.1 Å². The Morgan fingerprint density at radius 3 is 2.68 bits per heavy atom. The first-order valence-corrected chi connectivity index (χ1v) is 7.44. The average molecular weight is 266 g/mol. The highest BCUT2D eigenvalue weighted by atomic mass is 16.4. The third kappa shape index (κ3) is 2.55. The maximum atomic E-state index is 12.1. The summed E-state index contributed by atoms with van der Waals surface area (Å²) < 4.78 is 0. The van der Waals surface area contributed by atoms with Crippen LogP contribution in [0.15, 0.2) is 0 Å². The minimum Gasteiger partial charge on any atom is -0.480 e. The van der Waals surface area contributed by atoms with Crippen LogP contribution in [-0.2, 0) is 4.79 Å². The summed E-state index contributed by atoms with van der Waals surface area (Å²) >= 11 is 0. The highest BCUT2D eigenvalue weighted by Crippen LogP contribution is 2.42. The van der Waals surface area contributed by atoms with Crippen LogP contribution in [0.4, 0.5) is 4.79 Å². The van der Waals surface area contributed by atoms with E-state index in [-0.39, 0.29) is 11.9 Å². The van der Waals surface area contributed by atoms with E-state index in [0.29, 0.717) is 19.0 Å². The Morgan fingerprint density at radius 2 is 2.00 bits per heavy atom. The molecule has 2 N–H and O–H groups in total. The van der Waals surface area contributed by atoms with Crippen LogP contribution >= 0.6 is 0 Å². The fourth-order valence-electron chi connectivity index (χ4n) is 3.72. The Morgan fingerprint density at radius 1 is 1.21 bits per heavy atom. The van der Waals surface area contributed by atoms with E-state index >= 15 is 0 Å². The summed E-state index contributed by atoms with van der Waals surface area (Å²) in [6.45, 7) is 1.30. The third-order valence-corrected chi connectivity index (χ3v) is 4.93. The molecule has 5 heteroatoms. The van der Waals surface area contributed by atoms with Crippen molar-refractivity contribution in [3.05, 3.63) is 0 Å². The number of nitrogens with zero attached hydrogens (tertiary/aromatic N) is 1. The van der Waals surface area contributed by atoms with Crippen molar-refractivity contribution in [2.45, 2.75) is 44.6 Å². The molecule has 5 nitrogen and oxygen atoms in total. The van der Waals surface area contributed by atoms with Crippen molar-refractivity contribution in [3.63, 3.8) is 0 Å². The highest BCUT2D eigenvalue weighted by molar-refractivity contribution is 5.83. The Kier molecular flexibility index (Phi) is 3.37. The molecule has 3 fully saturated rings. The monoisotopic (exact) mass is 266 g/mol. The molecule has 0 spiro atoms. The number of hydrogen-bond acceptors (Lipinski definition) is 2. The molecule has 0 radical (unpaired) electrons. The molecule has 3 aliphatic rings. The van der Waals surface area contributed by atoms with E-state index in [2.05, 4.69) is 5.32 Å². The molecule has 19 heavy (non-hydrogen) atoms. The number of carbonyl (C=O) groups excluding carboxylic acids is 1. The van der Waals surface area contributed by atoms with Crippen LogP contribution in [0, 0.1) is 17.8 Å². The van der Waals surface area contributed by atoms with Gasteiger partial charge in [-0.15, -0.1) is 0 Å². The summed E-state index contributed by atoms with van der Waals surface area (Å²) in [6.07, 6.45) is 6.72. The van der Waals surface area contributed by atoms with Gasteiger partial charge in [-0.3, -0.25) is 0 Å². The molecule has 2 aliphatic carbocycles. The first kappa shape index (κ1) is 12.8. The predicted molar refractivity (Wildman–Crippen MR) is 69.7 cm³/mol. The zero-order valence-corrected chi connectivity index (χ0v) is 11.2. The number of likely N-dealkylation sites (tertiary alicyclic amines) is 1. The molecule has 1 saturated heterocycles. The van der Waals surface area contributed by atoms with E-state index in [1.54, 1.807) is 4.90 Å². The number of aliphatic carboxylic acids is 1. The lowest BCUT2D eigenvalue weighted by molar-refractivity contribution is -0.142. The van der Waals surface area contributed by atoms with E-state index < -0.39 is 12.0 Å². The number of carboxylic acids is 1. The summed E-state index contributed by atoms with van der Waals surface area (Å²) in [6, 6.07) is -0.782. The van der Waals surface area contributed by atoms with E-state index in [9.17, 15) is 14.7 Å². The molecule has 3 rings (SSSR count). The Bertz CT molecular complexity index is 381. The number of carboxylic acid groups (broad SMARTS) is 1. The van der Waals surface area contributed by atoms with Gasteiger partial charge < -0.3 is 15.3 Å². The summed E-state index contributed by atoms with van der Waals surface area (Å²) in [5, 5.41) is 12.3. The number of carbonyl (C=O) groups is 2.